The summed E-state index contributed by atoms with van der Waals surface area (Å²) in [6, 6.07) is 14.6. The van der Waals surface area contributed by atoms with E-state index in [0.717, 1.165) is 16.9 Å². The Morgan fingerprint density at radius 3 is 2.47 bits per heavy atom. The second-order valence-electron chi connectivity index (χ2n) is 6.53. The van der Waals surface area contributed by atoms with Crippen LogP contribution in [0.5, 0.6) is 5.75 Å². The highest BCUT2D eigenvalue weighted by Crippen LogP contribution is 2.22. The molecule has 0 aliphatic heterocycles. The minimum absolute atomic E-state index is 0.0867. The van der Waals surface area contributed by atoms with Crippen molar-refractivity contribution < 1.29 is 18.7 Å². The third-order valence-electron chi connectivity index (χ3n) is 4.34. The summed E-state index contributed by atoms with van der Waals surface area (Å²) >= 11 is 5.88. The number of nitrogens with zero attached hydrogens (tertiary/aromatic N) is 1. The minimum Gasteiger partial charge on any atom is -0.497 e. The zero-order valence-corrected chi connectivity index (χ0v) is 17.2. The average molecular weight is 428 g/mol. The summed E-state index contributed by atoms with van der Waals surface area (Å²) in [7, 11) is 1.60. The largest absolute Gasteiger partial charge is 0.497 e. The van der Waals surface area contributed by atoms with Gasteiger partial charge in [-0.15, -0.1) is 0 Å². The lowest BCUT2D eigenvalue weighted by molar-refractivity contribution is -0.126. The van der Waals surface area contributed by atoms with Crippen LogP contribution in [0.4, 0.5) is 0 Å². The van der Waals surface area contributed by atoms with Gasteiger partial charge in [-0.05, 0) is 42.0 Å². The molecule has 2 amide bonds. The van der Waals surface area contributed by atoms with Gasteiger partial charge in [-0.3, -0.25) is 9.59 Å². The summed E-state index contributed by atoms with van der Waals surface area (Å²) < 4.78 is 10.8. The Kier molecular flexibility index (Phi) is 7.45. The molecule has 2 aromatic carbocycles. The number of oxazole rings is 1. The first kappa shape index (κ1) is 21.4. The van der Waals surface area contributed by atoms with Gasteiger partial charge in [0.05, 0.1) is 19.9 Å². The van der Waals surface area contributed by atoms with Crippen LogP contribution in [0.25, 0.3) is 11.3 Å². The van der Waals surface area contributed by atoms with Crippen molar-refractivity contribution in [2.45, 2.75) is 19.4 Å². The van der Waals surface area contributed by atoms with Gasteiger partial charge in [-0.25, -0.2) is 4.98 Å². The molecule has 30 heavy (non-hydrogen) atoms. The summed E-state index contributed by atoms with van der Waals surface area (Å²) in [6.45, 7) is 0.291. The molecule has 0 bridgehead atoms. The quantitative estimate of drug-likeness (QED) is 0.546. The monoisotopic (exact) mass is 427 g/mol. The van der Waals surface area contributed by atoms with Gasteiger partial charge >= 0.3 is 0 Å². The highest BCUT2D eigenvalue weighted by Gasteiger charge is 2.10. The van der Waals surface area contributed by atoms with E-state index in [0.29, 0.717) is 29.6 Å². The van der Waals surface area contributed by atoms with E-state index in [1.807, 2.05) is 36.4 Å². The van der Waals surface area contributed by atoms with Gasteiger partial charge in [0.25, 0.3) is 0 Å². The van der Waals surface area contributed by atoms with Gasteiger partial charge in [0.15, 0.2) is 11.7 Å². The third-order valence-corrected chi connectivity index (χ3v) is 4.60. The Morgan fingerprint density at radius 2 is 1.77 bits per heavy atom. The van der Waals surface area contributed by atoms with E-state index < -0.39 is 0 Å². The molecule has 0 aliphatic rings. The predicted octanol–water partition coefficient (Wildman–Crippen LogP) is 3.37. The van der Waals surface area contributed by atoms with Crippen molar-refractivity contribution in [2.75, 3.05) is 13.7 Å². The maximum Gasteiger partial charge on any atom is 0.239 e. The number of nitrogens with one attached hydrogen (secondary N) is 2. The molecule has 3 rings (SSSR count). The number of halogens is 1. The lowest BCUT2D eigenvalue weighted by atomic mass is 10.2. The van der Waals surface area contributed by atoms with Crippen LogP contribution in [-0.2, 0) is 22.6 Å². The molecule has 8 heteroatoms. The van der Waals surface area contributed by atoms with Crippen LogP contribution < -0.4 is 15.4 Å². The van der Waals surface area contributed by atoms with Crippen LogP contribution in [-0.4, -0.2) is 30.5 Å². The van der Waals surface area contributed by atoms with E-state index in [1.165, 1.54) is 0 Å². The Bertz CT molecular complexity index is 984. The van der Waals surface area contributed by atoms with E-state index in [-0.39, 0.29) is 24.8 Å². The smallest absolute Gasteiger partial charge is 0.239 e. The van der Waals surface area contributed by atoms with Gasteiger partial charge < -0.3 is 19.8 Å². The van der Waals surface area contributed by atoms with Gasteiger partial charge in [-0.1, -0.05) is 23.7 Å². The molecule has 7 nitrogen and oxygen atoms in total. The molecule has 0 spiro atoms. The number of rotatable bonds is 9. The molecular weight excluding hydrogens is 406 g/mol. The number of amides is 2. The van der Waals surface area contributed by atoms with Crippen molar-refractivity contribution >= 4 is 23.4 Å². The first-order chi connectivity index (χ1) is 14.5. The molecular formula is C22H22ClN3O4. The number of aryl methyl sites for hydroxylation is 1. The number of methoxy groups -OCH3 is 1. The molecule has 3 aromatic rings. The lowest BCUT2D eigenvalue weighted by Gasteiger charge is -2.07. The lowest BCUT2D eigenvalue weighted by Crippen LogP contribution is -2.36. The van der Waals surface area contributed by atoms with Crippen molar-refractivity contribution in [3.8, 4) is 17.1 Å². The topological polar surface area (TPSA) is 93.5 Å². The molecule has 156 valence electrons. The van der Waals surface area contributed by atoms with Crippen LogP contribution in [0, 0.1) is 0 Å². The van der Waals surface area contributed by atoms with Crippen molar-refractivity contribution in [1.82, 2.24) is 15.6 Å². The van der Waals surface area contributed by atoms with Gasteiger partial charge in [0.2, 0.25) is 11.8 Å². The summed E-state index contributed by atoms with van der Waals surface area (Å²) in [5, 5.41) is 5.99. The number of benzene rings is 2. The van der Waals surface area contributed by atoms with Crippen LogP contribution in [0.3, 0.4) is 0 Å². The van der Waals surface area contributed by atoms with E-state index in [4.69, 9.17) is 20.8 Å². The van der Waals surface area contributed by atoms with Crippen molar-refractivity contribution in [1.29, 1.82) is 0 Å². The normalized spacial score (nSPS) is 10.5. The van der Waals surface area contributed by atoms with Gasteiger partial charge in [0.1, 0.15) is 5.75 Å². The average Bonchev–Trinajstić information content (AvgIpc) is 3.24. The molecule has 0 saturated heterocycles. The molecule has 0 fully saturated rings. The summed E-state index contributed by atoms with van der Waals surface area (Å²) in [5.41, 5.74) is 1.80. The third kappa shape index (κ3) is 6.35. The van der Waals surface area contributed by atoms with Crippen molar-refractivity contribution in [3.63, 3.8) is 0 Å². The predicted molar refractivity (Wildman–Crippen MR) is 113 cm³/mol. The number of hydrogen-bond donors (Lipinski definition) is 2. The van der Waals surface area contributed by atoms with E-state index in [2.05, 4.69) is 15.6 Å². The molecule has 1 heterocycles. The number of carbonyl (C=O) groups excluding carboxylic acids is 2. The van der Waals surface area contributed by atoms with E-state index in [9.17, 15) is 9.59 Å². The highest BCUT2D eigenvalue weighted by molar-refractivity contribution is 6.30. The van der Waals surface area contributed by atoms with Gasteiger partial charge in [0, 0.05) is 30.0 Å². The molecule has 1 aromatic heterocycles. The van der Waals surface area contributed by atoms with Crippen molar-refractivity contribution in [2.24, 2.45) is 0 Å². The number of hydrogen-bond acceptors (Lipinski definition) is 5. The Balaban J connectivity index is 1.37. The van der Waals surface area contributed by atoms with Crippen molar-refractivity contribution in [3.05, 3.63) is 71.2 Å². The number of carbonyl (C=O) groups is 2. The van der Waals surface area contributed by atoms with Crippen LogP contribution in [0.15, 0.2) is 59.1 Å². The van der Waals surface area contributed by atoms with Crippen LogP contribution in [0.1, 0.15) is 17.9 Å². The standard InChI is InChI=1S/C22H22ClN3O4/c1-29-18-8-2-15(3-9-18)12-24-21(28)14-25-20(27)10-11-22-26-13-19(30-22)16-4-6-17(23)7-5-16/h2-9,13H,10-12,14H2,1H3,(H,24,28)(H,25,27). The van der Waals surface area contributed by atoms with E-state index in [1.54, 1.807) is 25.4 Å². The maximum atomic E-state index is 12.0. The fraction of sp³-hybridized carbons (Fsp3) is 0.227. The Morgan fingerprint density at radius 1 is 1.03 bits per heavy atom. The summed E-state index contributed by atoms with van der Waals surface area (Å²) in [4.78, 5) is 28.1. The van der Waals surface area contributed by atoms with Crippen LogP contribution >= 0.6 is 11.6 Å². The number of aromatic nitrogens is 1. The SMILES string of the molecule is COc1ccc(CNC(=O)CNC(=O)CCc2ncc(-c3ccc(Cl)cc3)o2)cc1. The fourth-order valence-electron chi connectivity index (χ4n) is 2.67. The Hall–Kier alpha value is -3.32. The maximum absolute atomic E-state index is 12.0. The second-order valence-corrected chi connectivity index (χ2v) is 6.96. The second kappa shape index (κ2) is 10.5. The van der Waals surface area contributed by atoms with Crippen LogP contribution in [0.2, 0.25) is 5.02 Å². The number of ether oxygens (including phenoxy) is 1. The van der Waals surface area contributed by atoms with E-state index >= 15 is 0 Å². The van der Waals surface area contributed by atoms with Gasteiger partial charge in [-0.2, -0.15) is 0 Å². The first-order valence-corrected chi connectivity index (χ1v) is 9.78. The minimum atomic E-state index is -0.264. The molecule has 0 saturated carbocycles. The zero-order valence-electron chi connectivity index (χ0n) is 16.5. The molecule has 0 aliphatic carbocycles. The molecule has 0 unspecified atom stereocenters. The Labute approximate surface area is 179 Å². The first-order valence-electron chi connectivity index (χ1n) is 9.40. The molecule has 2 N–H and O–H groups in total. The zero-order chi connectivity index (χ0) is 21.3. The molecule has 0 radical (unpaired) electrons. The highest BCUT2D eigenvalue weighted by atomic mass is 35.5. The molecule has 0 atom stereocenters. The summed E-state index contributed by atoms with van der Waals surface area (Å²) in [6.07, 6.45) is 2.13. The summed E-state index contributed by atoms with van der Waals surface area (Å²) in [5.74, 6) is 1.31. The fourth-order valence-corrected chi connectivity index (χ4v) is 2.79.